The molecule has 3 atom stereocenters. The Morgan fingerprint density at radius 1 is 0.833 bits per heavy atom. The fourth-order valence-electron chi connectivity index (χ4n) is 5.92. The molecule has 0 bridgehead atoms. The topological polar surface area (TPSA) is 198 Å². The van der Waals surface area contributed by atoms with Gasteiger partial charge in [-0.25, -0.2) is 24.1 Å². The molecule has 4 aromatic carbocycles. The van der Waals surface area contributed by atoms with Gasteiger partial charge < -0.3 is 25.4 Å². The van der Waals surface area contributed by atoms with Gasteiger partial charge in [-0.3, -0.25) is 20.3 Å². The van der Waals surface area contributed by atoms with Gasteiger partial charge in [-0.05, 0) is 47.5 Å². The molecule has 17 nitrogen and oxygen atoms in total. The first-order chi connectivity index (χ1) is 29.0. The van der Waals surface area contributed by atoms with Crippen LogP contribution in [0.4, 0.5) is 20.2 Å². The second kappa shape index (κ2) is 20.3. The number of para-hydroxylation sites is 1. The van der Waals surface area contributed by atoms with E-state index < -0.39 is 55.6 Å². The quantitative estimate of drug-likeness (QED) is 0.0888. The van der Waals surface area contributed by atoms with Gasteiger partial charge in [0.25, 0.3) is 6.35 Å². The SMILES string of the molecule is CN(OCC(C(COC(=O)Nc1ccn(-c2ccccc2)n1)C(N)=O)N(C)C(=O)NCc1ccccc1Cl)C(=O)N1N=C(c2ccccc2)OC1NCc1ccccc1Cl. The standard InChI is InChI=1S/C41H42Cl2N10O7/c1-50(38(55)45-23-28-15-9-11-19-32(28)42)34(31(36(44)54)25-58-40(56)47-35-21-22-52(48-35)30-17-7-4-8-18-30)26-59-51(2)41(57)53-39(46-24-29-16-10-12-20-33(29)43)60-37(49-53)27-13-5-3-6-14-27/h3-22,31,34,39,46H,23-26H2,1-2H3,(H2,44,54)(H,45,55)(H,47,48,56). The van der Waals surface area contributed by atoms with E-state index in [0.717, 1.165) is 21.3 Å². The van der Waals surface area contributed by atoms with Gasteiger partial charge in [0.05, 0.1) is 24.3 Å². The van der Waals surface area contributed by atoms with E-state index in [1.807, 2.05) is 48.5 Å². The number of carbonyl (C=O) groups is 4. The molecule has 1 aliphatic rings. The number of rotatable bonds is 16. The maximum absolute atomic E-state index is 14.0. The van der Waals surface area contributed by atoms with E-state index in [-0.39, 0.29) is 24.8 Å². The Hall–Kier alpha value is -6.66. The Labute approximate surface area is 355 Å². The van der Waals surface area contributed by atoms with E-state index in [9.17, 15) is 19.2 Å². The Bertz CT molecular complexity index is 2300. The monoisotopic (exact) mass is 856 g/mol. The number of hydrazone groups is 1. The predicted octanol–water partition coefficient (Wildman–Crippen LogP) is 5.79. The zero-order valence-corrected chi connectivity index (χ0v) is 34.0. The number of nitrogens with zero attached hydrogens (tertiary/aromatic N) is 6. The third-order valence-electron chi connectivity index (χ3n) is 9.26. The lowest BCUT2D eigenvalue weighted by Gasteiger charge is -2.34. The zero-order chi connectivity index (χ0) is 42.6. The van der Waals surface area contributed by atoms with Crippen LogP contribution in [0.1, 0.15) is 16.7 Å². The van der Waals surface area contributed by atoms with Crippen LogP contribution in [0.15, 0.2) is 127 Å². The van der Waals surface area contributed by atoms with E-state index in [1.54, 1.807) is 77.6 Å². The number of anilines is 1. The third-order valence-corrected chi connectivity index (χ3v) is 10.0. The number of nitrogens with two attached hydrogens (primary N) is 1. The maximum atomic E-state index is 14.0. The van der Waals surface area contributed by atoms with Crippen LogP contribution in [-0.2, 0) is 32.2 Å². The van der Waals surface area contributed by atoms with Crippen LogP contribution >= 0.6 is 23.2 Å². The molecule has 1 aliphatic heterocycles. The number of likely N-dealkylation sites (N-methyl/N-ethyl adjacent to an activating group) is 1. The van der Waals surface area contributed by atoms with Crippen LogP contribution in [0.5, 0.6) is 0 Å². The summed E-state index contributed by atoms with van der Waals surface area (Å²) in [6, 6.07) is 31.3. The molecule has 2 heterocycles. The Balaban J connectivity index is 1.17. The van der Waals surface area contributed by atoms with Crippen LogP contribution < -0.4 is 21.7 Å². The first-order valence-corrected chi connectivity index (χ1v) is 19.3. The highest BCUT2D eigenvalue weighted by atomic mass is 35.5. The molecule has 6 amide bonds. The van der Waals surface area contributed by atoms with Crippen LogP contribution in [0.25, 0.3) is 5.69 Å². The number of carbonyl (C=O) groups excluding carboxylic acids is 4. The number of urea groups is 2. The summed E-state index contributed by atoms with van der Waals surface area (Å²) in [6.07, 6.45) is -0.375. The summed E-state index contributed by atoms with van der Waals surface area (Å²) in [5, 5.41) is 20.1. The largest absolute Gasteiger partial charge is 0.448 e. The molecule has 6 rings (SSSR count). The molecule has 312 valence electrons. The van der Waals surface area contributed by atoms with Gasteiger partial charge in [0, 0.05) is 55.1 Å². The van der Waals surface area contributed by atoms with Gasteiger partial charge in [-0.15, -0.1) is 10.2 Å². The lowest BCUT2D eigenvalue weighted by molar-refractivity contribution is -0.142. The van der Waals surface area contributed by atoms with Crippen molar-refractivity contribution in [1.82, 2.24) is 35.4 Å². The van der Waals surface area contributed by atoms with Gasteiger partial charge in [-0.1, -0.05) is 96.0 Å². The van der Waals surface area contributed by atoms with Crippen LogP contribution in [-0.4, -0.2) is 94.4 Å². The molecule has 0 aliphatic carbocycles. The number of hydrogen-bond acceptors (Lipinski definition) is 10. The fraction of sp³-hybridized carbons (Fsp3) is 0.220. The number of primary amides is 1. The maximum Gasteiger partial charge on any atom is 0.412 e. The first-order valence-electron chi connectivity index (χ1n) is 18.5. The summed E-state index contributed by atoms with van der Waals surface area (Å²) in [7, 11) is 2.74. The van der Waals surface area contributed by atoms with Crippen molar-refractivity contribution in [1.29, 1.82) is 0 Å². The van der Waals surface area contributed by atoms with Gasteiger partial charge >= 0.3 is 18.2 Å². The lowest BCUT2D eigenvalue weighted by atomic mass is 9.99. The van der Waals surface area contributed by atoms with Crippen molar-refractivity contribution >= 4 is 59.0 Å². The average molecular weight is 858 g/mol. The number of benzene rings is 4. The summed E-state index contributed by atoms with van der Waals surface area (Å²) in [6.45, 7) is -0.785. The molecule has 60 heavy (non-hydrogen) atoms. The summed E-state index contributed by atoms with van der Waals surface area (Å²) in [5.74, 6) is -1.91. The first kappa shape index (κ1) is 42.9. The van der Waals surface area contributed by atoms with E-state index in [0.29, 0.717) is 21.2 Å². The highest BCUT2D eigenvalue weighted by molar-refractivity contribution is 6.31. The van der Waals surface area contributed by atoms with Crippen LogP contribution in [0, 0.1) is 5.92 Å². The smallest absolute Gasteiger partial charge is 0.412 e. The number of amides is 6. The second-order valence-electron chi connectivity index (χ2n) is 13.3. The highest BCUT2D eigenvalue weighted by Crippen LogP contribution is 2.22. The van der Waals surface area contributed by atoms with Crippen LogP contribution in [0.3, 0.4) is 0 Å². The van der Waals surface area contributed by atoms with E-state index >= 15 is 0 Å². The van der Waals surface area contributed by atoms with E-state index in [4.69, 9.17) is 43.2 Å². The summed E-state index contributed by atoms with van der Waals surface area (Å²) in [4.78, 5) is 60.7. The average Bonchev–Trinajstić information content (AvgIpc) is 3.91. The Kier molecular flexibility index (Phi) is 14.6. The molecule has 0 radical (unpaired) electrons. The molecule has 0 fully saturated rings. The summed E-state index contributed by atoms with van der Waals surface area (Å²) >= 11 is 12.7. The van der Waals surface area contributed by atoms with Crippen molar-refractivity contribution in [2.24, 2.45) is 16.8 Å². The number of halogens is 2. The number of hydrogen-bond donors (Lipinski definition) is 4. The minimum atomic E-state index is -1.33. The van der Waals surface area contributed by atoms with E-state index in [2.05, 4.69) is 26.2 Å². The number of nitrogens with one attached hydrogen (secondary N) is 3. The van der Waals surface area contributed by atoms with Crippen molar-refractivity contribution in [3.8, 4) is 5.69 Å². The second-order valence-corrected chi connectivity index (χ2v) is 14.1. The fourth-order valence-corrected chi connectivity index (χ4v) is 6.33. The van der Waals surface area contributed by atoms with Crippen molar-refractivity contribution in [3.63, 3.8) is 0 Å². The van der Waals surface area contributed by atoms with Crippen LogP contribution in [0.2, 0.25) is 10.0 Å². The summed E-state index contributed by atoms with van der Waals surface area (Å²) < 4.78 is 13.1. The minimum Gasteiger partial charge on any atom is -0.448 e. The normalized spacial score (nSPS) is 14.3. The Morgan fingerprint density at radius 2 is 1.45 bits per heavy atom. The molecule has 0 saturated carbocycles. The molecule has 1 aromatic heterocycles. The van der Waals surface area contributed by atoms with Gasteiger partial charge in [0.15, 0.2) is 5.82 Å². The molecular formula is C41H42Cl2N10O7. The predicted molar refractivity (Wildman–Crippen MR) is 224 cm³/mol. The summed E-state index contributed by atoms with van der Waals surface area (Å²) in [5.41, 5.74) is 8.64. The lowest BCUT2D eigenvalue weighted by Crippen LogP contribution is -2.55. The third kappa shape index (κ3) is 11.1. The molecule has 0 saturated heterocycles. The van der Waals surface area contributed by atoms with Gasteiger partial charge in [-0.2, -0.15) is 5.01 Å². The minimum absolute atomic E-state index is 0.0455. The molecule has 5 N–H and O–H groups in total. The Morgan fingerprint density at radius 3 is 2.10 bits per heavy atom. The molecule has 3 unspecified atom stereocenters. The number of hydroxylamine groups is 2. The van der Waals surface area contributed by atoms with E-state index in [1.165, 1.54) is 19.0 Å². The zero-order valence-electron chi connectivity index (χ0n) is 32.5. The molecular weight excluding hydrogens is 815 g/mol. The van der Waals surface area contributed by atoms with Gasteiger partial charge in [0.2, 0.25) is 11.8 Å². The van der Waals surface area contributed by atoms with Gasteiger partial charge in [0.1, 0.15) is 6.61 Å². The van der Waals surface area contributed by atoms with Crippen molar-refractivity contribution < 1.29 is 33.5 Å². The van der Waals surface area contributed by atoms with Crippen molar-refractivity contribution in [2.75, 3.05) is 32.6 Å². The molecule has 5 aromatic rings. The van der Waals surface area contributed by atoms with Crippen molar-refractivity contribution in [2.45, 2.75) is 25.5 Å². The number of aromatic nitrogens is 2. The highest BCUT2D eigenvalue weighted by Gasteiger charge is 2.38. The van der Waals surface area contributed by atoms with Crippen molar-refractivity contribution in [3.05, 3.63) is 148 Å². The number of ether oxygens (including phenoxy) is 2. The molecule has 19 heteroatoms. The molecule has 0 spiro atoms.